The number of nitrogens with zero attached hydrogens (tertiary/aromatic N) is 1. The number of benzene rings is 2. The molecule has 0 heterocycles. The number of halogens is 2. The molecule has 0 spiro atoms. The molecule has 1 N–H and O–H groups in total. The fourth-order valence-corrected chi connectivity index (χ4v) is 2.54. The van der Waals surface area contributed by atoms with E-state index >= 15 is 0 Å². The van der Waals surface area contributed by atoms with Gasteiger partial charge < -0.3 is 24.4 Å². The van der Waals surface area contributed by atoms with E-state index in [0.29, 0.717) is 17.9 Å². The second kappa shape index (κ2) is 11.8. The van der Waals surface area contributed by atoms with Crippen LogP contribution in [0.25, 0.3) is 6.08 Å². The smallest absolute Gasteiger partial charge is 0.387 e. The number of amides is 1. The zero-order valence-electron chi connectivity index (χ0n) is 17.2. The van der Waals surface area contributed by atoms with Gasteiger partial charge in [-0.1, -0.05) is 6.07 Å². The van der Waals surface area contributed by atoms with E-state index in [-0.39, 0.29) is 17.4 Å². The number of anilines is 1. The molecule has 0 fully saturated rings. The molecule has 0 aromatic heterocycles. The van der Waals surface area contributed by atoms with Gasteiger partial charge in [0.05, 0.1) is 13.7 Å². The van der Waals surface area contributed by atoms with Crippen LogP contribution in [0.15, 0.2) is 48.5 Å². The van der Waals surface area contributed by atoms with Crippen molar-refractivity contribution in [1.29, 1.82) is 0 Å². The maximum absolute atomic E-state index is 12.4. The van der Waals surface area contributed by atoms with E-state index in [9.17, 15) is 13.6 Å². The van der Waals surface area contributed by atoms with Crippen LogP contribution in [0.4, 0.5) is 14.5 Å². The average molecular weight is 420 g/mol. The van der Waals surface area contributed by atoms with Gasteiger partial charge in [-0.15, -0.1) is 0 Å². The second-order valence-electron chi connectivity index (χ2n) is 6.64. The van der Waals surface area contributed by atoms with Crippen molar-refractivity contribution in [3.8, 4) is 17.2 Å². The highest BCUT2D eigenvalue weighted by molar-refractivity contribution is 6.01. The molecule has 1 amide bonds. The molecular weight excluding hydrogens is 394 g/mol. The van der Waals surface area contributed by atoms with E-state index in [1.54, 1.807) is 36.4 Å². The lowest BCUT2D eigenvalue weighted by Gasteiger charge is -2.11. The van der Waals surface area contributed by atoms with Gasteiger partial charge in [-0.3, -0.25) is 4.79 Å². The fraction of sp³-hybridized carbons (Fsp3) is 0.318. The van der Waals surface area contributed by atoms with Crippen molar-refractivity contribution >= 4 is 17.7 Å². The minimum absolute atomic E-state index is 0.0712. The number of rotatable bonds is 11. The molecule has 0 aliphatic rings. The summed E-state index contributed by atoms with van der Waals surface area (Å²) in [4.78, 5) is 14.2. The molecule has 30 heavy (non-hydrogen) atoms. The van der Waals surface area contributed by atoms with Gasteiger partial charge in [0.2, 0.25) is 5.91 Å². The maximum Gasteiger partial charge on any atom is 0.387 e. The van der Waals surface area contributed by atoms with Crippen LogP contribution in [-0.4, -0.2) is 51.8 Å². The normalized spacial score (nSPS) is 11.2. The standard InChI is InChI=1S/C22H26F2N2O4/c1-26(2)13-4-14-29-18-9-7-17(8-10-18)25-21(27)12-6-16-5-11-19(30-22(23)24)20(15-16)28-3/h5-12,15,22H,4,13-14H2,1-3H3,(H,25,27)/b12-6+. The summed E-state index contributed by atoms with van der Waals surface area (Å²) in [7, 11) is 5.38. The average Bonchev–Trinajstić information content (AvgIpc) is 2.71. The Morgan fingerprint density at radius 1 is 1.13 bits per heavy atom. The Kier molecular flexibility index (Phi) is 9.08. The first-order valence-corrected chi connectivity index (χ1v) is 9.37. The molecule has 2 aromatic rings. The topological polar surface area (TPSA) is 60.0 Å². The zero-order chi connectivity index (χ0) is 21.9. The summed E-state index contributed by atoms with van der Waals surface area (Å²) in [6, 6.07) is 11.5. The maximum atomic E-state index is 12.4. The molecule has 0 radical (unpaired) electrons. The largest absolute Gasteiger partial charge is 0.494 e. The van der Waals surface area contributed by atoms with Gasteiger partial charge in [0, 0.05) is 18.3 Å². The van der Waals surface area contributed by atoms with E-state index in [1.807, 2.05) is 14.1 Å². The van der Waals surface area contributed by atoms with E-state index < -0.39 is 6.61 Å². The number of hydrogen-bond acceptors (Lipinski definition) is 5. The zero-order valence-corrected chi connectivity index (χ0v) is 17.2. The third kappa shape index (κ3) is 8.08. The highest BCUT2D eigenvalue weighted by Crippen LogP contribution is 2.29. The third-order valence-corrected chi connectivity index (χ3v) is 3.97. The van der Waals surface area contributed by atoms with Gasteiger partial charge in [0.1, 0.15) is 5.75 Å². The molecule has 0 aliphatic carbocycles. The van der Waals surface area contributed by atoms with Crippen LogP contribution in [0.3, 0.4) is 0 Å². The summed E-state index contributed by atoms with van der Waals surface area (Å²) in [6.45, 7) is -1.37. The molecule has 0 bridgehead atoms. The number of carbonyl (C=O) groups excluding carboxylic acids is 1. The second-order valence-corrected chi connectivity index (χ2v) is 6.64. The van der Waals surface area contributed by atoms with Crippen molar-refractivity contribution in [3.05, 3.63) is 54.1 Å². The van der Waals surface area contributed by atoms with Crippen LogP contribution < -0.4 is 19.5 Å². The van der Waals surface area contributed by atoms with Crippen molar-refractivity contribution in [3.63, 3.8) is 0 Å². The van der Waals surface area contributed by atoms with E-state index in [1.165, 1.54) is 25.3 Å². The van der Waals surface area contributed by atoms with Crippen molar-refractivity contribution in [2.75, 3.05) is 39.7 Å². The van der Waals surface area contributed by atoms with Crippen LogP contribution in [0, 0.1) is 0 Å². The van der Waals surface area contributed by atoms with Gasteiger partial charge in [0.25, 0.3) is 0 Å². The Balaban J connectivity index is 1.88. The fourth-order valence-electron chi connectivity index (χ4n) is 2.54. The van der Waals surface area contributed by atoms with Gasteiger partial charge in [0.15, 0.2) is 11.5 Å². The first-order chi connectivity index (χ1) is 14.4. The van der Waals surface area contributed by atoms with Crippen LogP contribution in [0.2, 0.25) is 0 Å². The molecule has 0 saturated heterocycles. The Bertz CT molecular complexity index is 840. The van der Waals surface area contributed by atoms with Crippen LogP contribution >= 0.6 is 0 Å². The van der Waals surface area contributed by atoms with Crippen LogP contribution in [0.1, 0.15) is 12.0 Å². The molecule has 6 nitrogen and oxygen atoms in total. The predicted octanol–water partition coefficient (Wildman–Crippen LogP) is 4.28. The molecule has 2 aromatic carbocycles. The highest BCUT2D eigenvalue weighted by atomic mass is 19.3. The first kappa shape index (κ1) is 23.2. The molecule has 0 unspecified atom stereocenters. The summed E-state index contributed by atoms with van der Waals surface area (Å²) in [6.07, 6.45) is 3.82. The summed E-state index contributed by atoms with van der Waals surface area (Å²) in [5.74, 6) is 0.485. The van der Waals surface area contributed by atoms with E-state index in [4.69, 9.17) is 9.47 Å². The predicted molar refractivity (Wildman–Crippen MR) is 112 cm³/mol. The molecule has 0 saturated carbocycles. The van der Waals surface area contributed by atoms with E-state index in [2.05, 4.69) is 15.0 Å². The number of nitrogens with one attached hydrogen (secondary N) is 1. The molecule has 0 atom stereocenters. The van der Waals surface area contributed by atoms with Gasteiger partial charge in [-0.25, -0.2) is 0 Å². The molecular formula is C22H26F2N2O4. The molecule has 162 valence electrons. The van der Waals surface area contributed by atoms with Gasteiger partial charge >= 0.3 is 6.61 Å². The lowest BCUT2D eigenvalue weighted by Crippen LogP contribution is -2.15. The molecule has 0 aliphatic heterocycles. The Morgan fingerprint density at radius 3 is 2.50 bits per heavy atom. The van der Waals surface area contributed by atoms with Gasteiger partial charge in [-0.05, 0) is 68.6 Å². The quantitative estimate of drug-likeness (QED) is 0.434. The SMILES string of the molecule is COc1cc(/C=C/C(=O)Nc2ccc(OCCCN(C)C)cc2)ccc1OC(F)F. The van der Waals surface area contributed by atoms with Crippen molar-refractivity contribution in [1.82, 2.24) is 4.90 Å². The Labute approximate surface area is 175 Å². The molecule has 2 rings (SSSR count). The highest BCUT2D eigenvalue weighted by Gasteiger charge is 2.10. The summed E-state index contributed by atoms with van der Waals surface area (Å²) < 4.78 is 39.8. The van der Waals surface area contributed by atoms with Gasteiger partial charge in [-0.2, -0.15) is 8.78 Å². The summed E-state index contributed by atoms with van der Waals surface area (Å²) in [5, 5.41) is 2.74. The minimum Gasteiger partial charge on any atom is -0.494 e. The Hall–Kier alpha value is -3.13. The minimum atomic E-state index is -2.94. The van der Waals surface area contributed by atoms with Crippen molar-refractivity contribution < 1.29 is 27.8 Å². The molecule has 8 heteroatoms. The number of ether oxygens (including phenoxy) is 3. The third-order valence-electron chi connectivity index (χ3n) is 3.97. The number of hydrogen-bond donors (Lipinski definition) is 1. The summed E-state index contributed by atoms with van der Waals surface area (Å²) >= 11 is 0. The summed E-state index contributed by atoms with van der Waals surface area (Å²) in [5.41, 5.74) is 1.23. The van der Waals surface area contributed by atoms with Crippen molar-refractivity contribution in [2.45, 2.75) is 13.0 Å². The number of methoxy groups -OCH3 is 1. The number of carbonyl (C=O) groups is 1. The van der Waals surface area contributed by atoms with Crippen LogP contribution in [-0.2, 0) is 4.79 Å². The van der Waals surface area contributed by atoms with Crippen LogP contribution in [0.5, 0.6) is 17.2 Å². The lowest BCUT2D eigenvalue weighted by molar-refractivity contribution is -0.111. The Morgan fingerprint density at radius 2 is 1.87 bits per heavy atom. The van der Waals surface area contributed by atoms with Crippen molar-refractivity contribution in [2.24, 2.45) is 0 Å². The number of alkyl halides is 2. The first-order valence-electron chi connectivity index (χ1n) is 9.37. The monoisotopic (exact) mass is 420 g/mol. The van der Waals surface area contributed by atoms with E-state index in [0.717, 1.165) is 18.7 Å². The lowest BCUT2D eigenvalue weighted by atomic mass is 10.2.